The summed E-state index contributed by atoms with van der Waals surface area (Å²) < 4.78 is 32.7. The number of nitrogens with one attached hydrogen (secondary N) is 1. The molecule has 0 radical (unpaired) electrons. The van der Waals surface area contributed by atoms with Gasteiger partial charge in [0.15, 0.2) is 0 Å². The number of likely N-dealkylation sites (tertiary alicyclic amines) is 1. The molecule has 188 valence electrons. The summed E-state index contributed by atoms with van der Waals surface area (Å²) in [5.74, 6) is 0.0130. The average Bonchev–Trinajstić information content (AvgIpc) is 3.40. The number of hydrogen-bond donors (Lipinski definition) is 1. The molecule has 0 unspecified atom stereocenters. The number of fused-ring (bicyclic) bond motifs is 1. The molecule has 2 aromatic rings. The molecule has 0 aliphatic carbocycles. The molecule has 0 aromatic carbocycles. The first kappa shape index (κ1) is 24.2. The third-order valence-corrected chi connectivity index (χ3v) is 10.0. The zero-order valence-electron chi connectivity index (χ0n) is 20.0. The lowest BCUT2D eigenvalue weighted by Crippen LogP contribution is -2.51. The van der Waals surface area contributed by atoms with Crippen molar-refractivity contribution in [2.75, 3.05) is 45.6 Å². The number of ether oxygens (including phenoxy) is 1. The van der Waals surface area contributed by atoms with Gasteiger partial charge in [0.25, 0.3) is 5.91 Å². The van der Waals surface area contributed by atoms with Crippen LogP contribution in [0.2, 0.25) is 0 Å². The summed E-state index contributed by atoms with van der Waals surface area (Å²) in [6.45, 7) is 6.65. The molecule has 11 heteroatoms. The van der Waals surface area contributed by atoms with E-state index >= 15 is 0 Å². The molecule has 9 nitrogen and oxygen atoms in total. The van der Waals surface area contributed by atoms with E-state index < -0.39 is 10.0 Å². The predicted octanol–water partition coefficient (Wildman–Crippen LogP) is 2.38. The Labute approximate surface area is 205 Å². The van der Waals surface area contributed by atoms with Gasteiger partial charge in [-0.15, -0.1) is 11.3 Å². The molecule has 2 aromatic heterocycles. The van der Waals surface area contributed by atoms with E-state index in [9.17, 15) is 13.2 Å². The van der Waals surface area contributed by atoms with Crippen LogP contribution in [0.1, 0.15) is 59.9 Å². The van der Waals surface area contributed by atoms with Gasteiger partial charge in [-0.3, -0.25) is 9.48 Å². The molecule has 1 amide bonds. The van der Waals surface area contributed by atoms with Gasteiger partial charge in [-0.1, -0.05) is 0 Å². The van der Waals surface area contributed by atoms with Gasteiger partial charge in [0, 0.05) is 56.9 Å². The number of sulfonamides is 1. The number of aromatic nitrogens is 2. The van der Waals surface area contributed by atoms with Gasteiger partial charge in [0.05, 0.1) is 22.9 Å². The maximum Gasteiger partial charge on any atom is 0.261 e. The van der Waals surface area contributed by atoms with Crippen molar-refractivity contribution in [1.82, 2.24) is 24.3 Å². The number of piperidine rings is 2. The van der Waals surface area contributed by atoms with Crippen LogP contribution in [0.4, 0.5) is 0 Å². The summed E-state index contributed by atoms with van der Waals surface area (Å²) in [5.41, 5.74) is 0.979. The fourth-order valence-corrected chi connectivity index (χ4v) is 7.58. The highest BCUT2D eigenvalue weighted by Gasteiger charge is 2.31. The molecule has 0 spiro atoms. The number of carbonyl (C=O) groups is 1. The summed E-state index contributed by atoms with van der Waals surface area (Å²) in [4.78, 5) is 17.4. The Morgan fingerprint density at radius 2 is 1.74 bits per heavy atom. The van der Waals surface area contributed by atoms with Crippen LogP contribution in [0.5, 0.6) is 0 Å². The van der Waals surface area contributed by atoms with Crippen LogP contribution < -0.4 is 5.32 Å². The van der Waals surface area contributed by atoms with Crippen LogP contribution in [0, 0.1) is 6.92 Å². The van der Waals surface area contributed by atoms with Crippen LogP contribution in [0.25, 0.3) is 10.2 Å². The predicted molar refractivity (Wildman–Crippen MR) is 133 cm³/mol. The Kier molecular flexibility index (Phi) is 7.00. The number of rotatable bonds is 5. The Hall–Kier alpha value is -1.53. The second-order valence-corrected chi connectivity index (χ2v) is 12.9. The minimum absolute atomic E-state index is 0.0130. The summed E-state index contributed by atoms with van der Waals surface area (Å²) in [5, 5.41) is 9.10. The molecule has 3 aliphatic heterocycles. The lowest BCUT2D eigenvalue weighted by atomic mass is 9.98. The second-order valence-electron chi connectivity index (χ2n) is 9.88. The van der Waals surface area contributed by atoms with E-state index in [0.717, 1.165) is 85.6 Å². The van der Waals surface area contributed by atoms with Gasteiger partial charge in [0.1, 0.15) is 4.83 Å². The number of aryl methyl sites for hydroxylation is 1. The van der Waals surface area contributed by atoms with Crippen molar-refractivity contribution in [1.29, 1.82) is 0 Å². The molecule has 0 atom stereocenters. The Morgan fingerprint density at radius 3 is 2.38 bits per heavy atom. The highest BCUT2D eigenvalue weighted by Crippen LogP contribution is 2.33. The van der Waals surface area contributed by atoms with Gasteiger partial charge in [-0.05, 0) is 51.5 Å². The molecule has 3 fully saturated rings. The highest BCUT2D eigenvalue weighted by atomic mass is 32.2. The van der Waals surface area contributed by atoms with Gasteiger partial charge in [0.2, 0.25) is 10.0 Å². The number of hydrogen-bond acceptors (Lipinski definition) is 7. The molecule has 1 N–H and O–H groups in total. The van der Waals surface area contributed by atoms with Crippen molar-refractivity contribution in [2.24, 2.45) is 0 Å². The van der Waals surface area contributed by atoms with Crippen LogP contribution >= 0.6 is 11.3 Å². The monoisotopic (exact) mass is 509 g/mol. The van der Waals surface area contributed by atoms with Gasteiger partial charge >= 0.3 is 0 Å². The molecule has 5 rings (SSSR count). The maximum atomic E-state index is 13.1. The molecule has 3 aliphatic rings. The van der Waals surface area contributed by atoms with Crippen molar-refractivity contribution >= 4 is 37.5 Å². The van der Waals surface area contributed by atoms with Crippen LogP contribution in [0.3, 0.4) is 0 Å². The normalized spacial score (nSPS) is 23.0. The zero-order chi connectivity index (χ0) is 23.9. The second kappa shape index (κ2) is 9.85. The third kappa shape index (κ3) is 5.04. The molecule has 0 saturated carbocycles. The fraction of sp³-hybridized carbons (Fsp3) is 0.739. The molecular weight excluding hydrogens is 474 g/mol. The third-order valence-electron chi connectivity index (χ3n) is 7.60. The van der Waals surface area contributed by atoms with Crippen molar-refractivity contribution < 1.29 is 17.9 Å². The Morgan fingerprint density at radius 1 is 1.06 bits per heavy atom. The first-order valence-corrected chi connectivity index (χ1v) is 15.0. The quantitative estimate of drug-likeness (QED) is 0.665. The molecule has 34 heavy (non-hydrogen) atoms. The minimum Gasteiger partial charge on any atom is -0.381 e. The molecular formula is C23H35N5O4S2. The Bertz CT molecular complexity index is 1120. The standard InChI is InChI=1S/C23H35N5O4S2/c1-16-20-15-21(33-23(20)28(25-16)19-7-13-32-14-8-19)22(29)24-17-3-9-26(10-4-17)18-5-11-27(12-6-18)34(2,30)31/h15,17-19H,3-14H2,1-2H3,(H,24,29). The zero-order valence-corrected chi connectivity index (χ0v) is 21.7. The smallest absolute Gasteiger partial charge is 0.261 e. The van der Waals surface area contributed by atoms with Gasteiger partial charge < -0.3 is 15.0 Å². The first-order valence-electron chi connectivity index (χ1n) is 12.4. The highest BCUT2D eigenvalue weighted by molar-refractivity contribution is 7.88. The lowest BCUT2D eigenvalue weighted by Gasteiger charge is -2.41. The van der Waals surface area contributed by atoms with E-state index in [4.69, 9.17) is 9.84 Å². The number of thiophene rings is 1. The molecule has 5 heterocycles. The lowest BCUT2D eigenvalue weighted by molar-refractivity contribution is 0.0675. The van der Waals surface area contributed by atoms with Crippen molar-refractivity contribution in [3.8, 4) is 0 Å². The van der Waals surface area contributed by atoms with Crippen LogP contribution in [0.15, 0.2) is 6.07 Å². The van der Waals surface area contributed by atoms with E-state index in [1.54, 1.807) is 15.6 Å². The van der Waals surface area contributed by atoms with E-state index in [2.05, 4.69) is 14.9 Å². The summed E-state index contributed by atoms with van der Waals surface area (Å²) in [6, 6.07) is 2.96. The number of amides is 1. The SMILES string of the molecule is Cc1nn(C2CCOCC2)c2sc(C(=O)NC3CCN(C4CCN(S(C)(=O)=O)CC4)CC3)cc12. The number of carbonyl (C=O) groups excluding carboxylic acids is 1. The van der Waals surface area contributed by atoms with Crippen molar-refractivity contribution in [3.05, 3.63) is 16.6 Å². The minimum atomic E-state index is -3.09. The summed E-state index contributed by atoms with van der Waals surface area (Å²) >= 11 is 1.54. The largest absolute Gasteiger partial charge is 0.381 e. The van der Waals surface area contributed by atoms with Gasteiger partial charge in [-0.2, -0.15) is 5.10 Å². The van der Waals surface area contributed by atoms with E-state index in [1.165, 1.54) is 6.26 Å². The van der Waals surface area contributed by atoms with Crippen LogP contribution in [-0.2, 0) is 14.8 Å². The van der Waals surface area contributed by atoms with Crippen molar-refractivity contribution in [2.45, 2.75) is 63.6 Å². The van der Waals surface area contributed by atoms with E-state index in [1.807, 2.05) is 13.0 Å². The maximum absolute atomic E-state index is 13.1. The summed E-state index contributed by atoms with van der Waals surface area (Å²) in [6.07, 6.45) is 6.84. The fourth-order valence-electron chi connectivity index (χ4n) is 5.57. The van der Waals surface area contributed by atoms with E-state index in [-0.39, 0.29) is 11.9 Å². The van der Waals surface area contributed by atoms with Crippen molar-refractivity contribution in [3.63, 3.8) is 0 Å². The molecule has 3 saturated heterocycles. The van der Waals surface area contributed by atoms with Crippen LogP contribution in [-0.4, -0.2) is 91.0 Å². The average molecular weight is 510 g/mol. The summed E-state index contributed by atoms with van der Waals surface area (Å²) in [7, 11) is -3.09. The first-order chi connectivity index (χ1) is 16.3. The van der Waals surface area contributed by atoms with E-state index in [0.29, 0.717) is 25.2 Å². The topological polar surface area (TPSA) is 96.8 Å². The van der Waals surface area contributed by atoms with Gasteiger partial charge in [-0.25, -0.2) is 12.7 Å². The molecule has 0 bridgehead atoms. The Balaban J connectivity index is 1.16. The number of nitrogens with zero attached hydrogens (tertiary/aromatic N) is 4.